The fourth-order valence-electron chi connectivity index (χ4n) is 9.23. The summed E-state index contributed by atoms with van der Waals surface area (Å²) in [5.74, 6) is 0.342. The van der Waals surface area contributed by atoms with Crippen LogP contribution in [0.1, 0.15) is 54.9 Å². The molecule has 0 aromatic heterocycles. The Balaban J connectivity index is 1.27. The number of allylic oxidation sites excluding steroid dienone is 2. The van der Waals surface area contributed by atoms with Crippen LogP contribution in [-0.2, 0) is 5.41 Å². The third-order valence-electron chi connectivity index (χ3n) is 11.4. The molecule has 5 heteroatoms. The van der Waals surface area contributed by atoms with E-state index in [1.807, 2.05) is 6.07 Å². The van der Waals surface area contributed by atoms with E-state index >= 15 is 0 Å². The molecule has 226 valence electrons. The van der Waals surface area contributed by atoms with Crippen LogP contribution in [0.3, 0.4) is 0 Å². The van der Waals surface area contributed by atoms with Crippen molar-refractivity contribution in [2.45, 2.75) is 58.0 Å². The van der Waals surface area contributed by atoms with Gasteiger partial charge in [0, 0.05) is 0 Å². The van der Waals surface area contributed by atoms with Crippen molar-refractivity contribution in [1.29, 1.82) is 0 Å². The Morgan fingerprint density at radius 3 is 2.41 bits per heavy atom. The van der Waals surface area contributed by atoms with Gasteiger partial charge < -0.3 is 0 Å². The molecule has 0 fully saturated rings. The Labute approximate surface area is 280 Å². The van der Waals surface area contributed by atoms with Gasteiger partial charge in [-0.05, 0) is 0 Å². The maximum absolute atomic E-state index is 10.9. The van der Waals surface area contributed by atoms with E-state index < -0.39 is 8.07 Å². The average molecular weight is 679 g/mol. The molecule has 4 aliphatic rings. The number of phenolic OH excluding ortho intramolecular Hbond substituents is 1. The predicted octanol–water partition coefficient (Wildman–Crippen LogP) is 5.29. The summed E-state index contributed by atoms with van der Waals surface area (Å²) in [4.78, 5) is 2.64. The standard InChI is InChI=1S/C41H38BNOSeSi/c1-26-22-31-40-37(23-26)45-36-24-28(43-34-14-8-10-16-38(34)46(3,4)39-17-11-9-15-35(39)43)18-21-32(36)42(40)33-25-29(44)19-20-30(33)41(31,2)27-12-6-5-7-13-27/h5-8,10,12-14,16,18-25,44H,9,11,15,17H2,1-4H3. The van der Waals surface area contributed by atoms with Gasteiger partial charge in [0.1, 0.15) is 0 Å². The van der Waals surface area contributed by atoms with Gasteiger partial charge in [0.2, 0.25) is 0 Å². The van der Waals surface area contributed by atoms with Crippen LogP contribution in [0, 0.1) is 6.92 Å². The van der Waals surface area contributed by atoms with Crippen molar-refractivity contribution in [2.75, 3.05) is 4.90 Å². The second-order valence-corrected chi connectivity index (χ2v) is 21.0. The Hall–Kier alpha value is -3.76. The fraction of sp³-hybridized carbons (Fsp3) is 0.220. The van der Waals surface area contributed by atoms with Crippen molar-refractivity contribution >= 4 is 71.6 Å². The first kappa shape index (κ1) is 28.5. The van der Waals surface area contributed by atoms with Crippen LogP contribution >= 0.6 is 0 Å². The van der Waals surface area contributed by atoms with E-state index in [2.05, 4.69) is 129 Å². The number of nitrogens with zero attached hydrogens (tertiary/aromatic N) is 1. The summed E-state index contributed by atoms with van der Waals surface area (Å²) in [5, 5.41) is 14.2. The third kappa shape index (κ3) is 3.89. The molecular formula is C41H38BNOSeSi. The molecule has 1 unspecified atom stereocenters. The molecule has 1 atom stereocenters. The zero-order valence-electron chi connectivity index (χ0n) is 27.0. The van der Waals surface area contributed by atoms with Crippen LogP contribution in [0.15, 0.2) is 114 Å². The number of anilines is 2. The summed E-state index contributed by atoms with van der Waals surface area (Å²) in [5.41, 5.74) is 13.4. The first-order valence-corrected chi connectivity index (χ1v) is 21.5. The Kier molecular flexibility index (Phi) is 6.26. The zero-order valence-corrected chi connectivity index (χ0v) is 29.7. The van der Waals surface area contributed by atoms with Crippen molar-refractivity contribution in [3.63, 3.8) is 0 Å². The molecule has 0 spiro atoms. The molecule has 9 rings (SSSR count). The number of hydrogen-bond donors (Lipinski definition) is 1. The first-order chi connectivity index (χ1) is 22.3. The van der Waals surface area contributed by atoms with Gasteiger partial charge in [-0.1, -0.05) is 0 Å². The number of fused-ring (bicyclic) bond motifs is 5. The normalized spacial score (nSPS) is 20.3. The predicted molar refractivity (Wildman–Crippen MR) is 199 cm³/mol. The van der Waals surface area contributed by atoms with Gasteiger partial charge in [-0.2, -0.15) is 0 Å². The van der Waals surface area contributed by atoms with Crippen LogP contribution in [-0.4, -0.2) is 34.8 Å². The second kappa shape index (κ2) is 10.1. The summed E-state index contributed by atoms with van der Waals surface area (Å²) in [7, 11) is -1.71. The van der Waals surface area contributed by atoms with Gasteiger partial charge >= 0.3 is 282 Å². The number of hydrogen-bond acceptors (Lipinski definition) is 2. The summed E-state index contributed by atoms with van der Waals surface area (Å²) >= 11 is 0.164. The van der Waals surface area contributed by atoms with Gasteiger partial charge in [0.05, 0.1) is 0 Å². The molecule has 0 saturated carbocycles. The minimum atomic E-state index is -1.71. The van der Waals surface area contributed by atoms with Crippen LogP contribution < -0.4 is 35.4 Å². The number of aryl methyl sites for hydroxylation is 1. The Morgan fingerprint density at radius 1 is 0.783 bits per heavy atom. The van der Waals surface area contributed by atoms with Crippen LogP contribution in [0.25, 0.3) is 0 Å². The molecule has 1 N–H and O–H groups in total. The van der Waals surface area contributed by atoms with E-state index in [0.717, 1.165) is 0 Å². The van der Waals surface area contributed by atoms with E-state index in [0.29, 0.717) is 5.75 Å². The quantitative estimate of drug-likeness (QED) is 0.252. The van der Waals surface area contributed by atoms with Gasteiger partial charge in [0.15, 0.2) is 0 Å². The number of phenols is 1. The Bertz CT molecular complexity index is 2120. The van der Waals surface area contributed by atoms with Gasteiger partial charge in [-0.25, -0.2) is 0 Å². The van der Waals surface area contributed by atoms with Crippen LogP contribution in [0.2, 0.25) is 13.1 Å². The third-order valence-corrected chi connectivity index (χ3v) is 17.6. The van der Waals surface area contributed by atoms with E-state index in [9.17, 15) is 5.11 Å². The van der Waals surface area contributed by atoms with Crippen molar-refractivity contribution < 1.29 is 5.11 Å². The van der Waals surface area contributed by atoms with E-state index in [1.165, 1.54) is 84.6 Å². The minimum absolute atomic E-state index is 0.105. The van der Waals surface area contributed by atoms with Crippen molar-refractivity contribution in [3.8, 4) is 5.75 Å². The monoisotopic (exact) mass is 679 g/mol. The van der Waals surface area contributed by atoms with Crippen LogP contribution in [0.5, 0.6) is 5.75 Å². The van der Waals surface area contributed by atoms with Crippen molar-refractivity contribution in [2.24, 2.45) is 0 Å². The molecule has 46 heavy (non-hydrogen) atoms. The van der Waals surface area contributed by atoms with Crippen molar-refractivity contribution in [1.82, 2.24) is 0 Å². The van der Waals surface area contributed by atoms with E-state index in [1.54, 1.807) is 16.1 Å². The number of rotatable bonds is 2. The first-order valence-electron chi connectivity index (χ1n) is 16.7. The van der Waals surface area contributed by atoms with Crippen LogP contribution in [0.4, 0.5) is 11.4 Å². The summed E-state index contributed by atoms with van der Waals surface area (Å²) in [6.07, 6.45) is 5.00. The molecule has 3 heterocycles. The average Bonchev–Trinajstić information content (AvgIpc) is 3.06. The summed E-state index contributed by atoms with van der Waals surface area (Å²) in [6.45, 7) is 9.89. The summed E-state index contributed by atoms with van der Waals surface area (Å²) in [6, 6.07) is 38.6. The molecule has 0 radical (unpaired) electrons. The second-order valence-electron chi connectivity index (χ2n) is 14.4. The molecule has 5 aromatic rings. The molecule has 5 aromatic carbocycles. The maximum atomic E-state index is 10.9. The van der Waals surface area contributed by atoms with E-state index in [4.69, 9.17) is 0 Å². The molecule has 3 aliphatic heterocycles. The van der Waals surface area contributed by atoms with Gasteiger partial charge in [-0.3, -0.25) is 0 Å². The summed E-state index contributed by atoms with van der Waals surface area (Å²) < 4.78 is 2.95. The molecule has 0 amide bonds. The van der Waals surface area contributed by atoms with Gasteiger partial charge in [-0.15, -0.1) is 0 Å². The molecule has 2 nitrogen and oxygen atoms in total. The number of para-hydroxylation sites is 1. The number of aromatic hydroxyl groups is 1. The SMILES string of the molecule is Cc1cc2c3c(c1)C(C)(c1ccccc1)c1ccc(O)cc1B3c1ccc(N3C4=C(CCCC4)[Si](C)(C)c4ccccc43)cc1[Se]2. The fourth-order valence-corrected chi connectivity index (χ4v) is 15.4. The van der Waals surface area contributed by atoms with Crippen molar-refractivity contribution in [3.05, 3.63) is 136 Å². The number of benzene rings is 5. The zero-order chi connectivity index (χ0) is 31.4. The Morgan fingerprint density at radius 2 is 1.57 bits per heavy atom. The molecule has 0 saturated heterocycles. The van der Waals surface area contributed by atoms with Gasteiger partial charge in [0.25, 0.3) is 0 Å². The molecular weight excluding hydrogens is 640 g/mol. The van der Waals surface area contributed by atoms with E-state index in [-0.39, 0.29) is 27.1 Å². The molecule has 1 aliphatic carbocycles. The molecule has 0 bridgehead atoms. The topological polar surface area (TPSA) is 23.5 Å².